The number of rotatable bonds is 5. The first kappa shape index (κ1) is 23.8. The van der Waals surface area contributed by atoms with E-state index in [4.69, 9.17) is 19.6 Å². The summed E-state index contributed by atoms with van der Waals surface area (Å²) in [6.07, 6.45) is 7.96. The highest BCUT2D eigenvalue weighted by Crippen LogP contribution is 2.27. The molecule has 11 nitrogen and oxygen atoms in total. The number of hydrogen-bond acceptors (Lipinski definition) is 9. The molecule has 182 valence electrons. The molecule has 0 atom stereocenters. The number of aliphatic hydroxyl groups is 1. The number of methoxy groups -OCH3 is 1. The van der Waals surface area contributed by atoms with E-state index < -0.39 is 0 Å². The van der Waals surface area contributed by atoms with Crippen LogP contribution in [-0.4, -0.2) is 84.9 Å². The van der Waals surface area contributed by atoms with Crippen molar-refractivity contribution in [2.75, 3.05) is 25.5 Å². The van der Waals surface area contributed by atoms with Crippen molar-refractivity contribution in [2.45, 2.75) is 56.7 Å². The van der Waals surface area contributed by atoms with Gasteiger partial charge in [0.2, 0.25) is 5.95 Å². The van der Waals surface area contributed by atoms with Gasteiger partial charge in [-0.25, -0.2) is 4.98 Å². The third-order valence-corrected chi connectivity index (χ3v) is 6.55. The second-order valence-electron chi connectivity index (χ2n) is 8.62. The van der Waals surface area contributed by atoms with Crippen LogP contribution in [-0.2, 0) is 4.79 Å². The molecule has 2 aromatic heterocycles. The lowest BCUT2D eigenvalue weighted by molar-refractivity contribution is -0.122. The normalized spacial score (nSPS) is 21.5. The van der Waals surface area contributed by atoms with Crippen LogP contribution in [0.1, 0.15) is 38.5 Å². The van der Waals surface area contributed by atoms with Crippen LogP contribution < -0.4 is 10.1 Å². The Labute approximate surface area is 197 Å². The Morgan fingerprint density at radius 2 is 1.76 bits per heavy atom. The fourth-order valence-corrected chi connectivity index (χ4v) is 4.71. The Bertz CT molecular complexity index is 1060. The van der Waals surface area contributed by atoms with Crippen LogP contribution in [0.3, 0.4) is 0 Å². The van der Waals surface area contributed by atoms with Crippen molar-refractivity contribution in [3.8, 4) is 11.4 Å². The van der Waals surface area contributed by atoms with Gasteiger partial charge in [0.1, 0.15) is 5.75 Å². The molecule has 2 aliphatic rings. The Morgan fingerprint density at radius 3 is 2.41 bits per heavy atom. The zero-order valence-corrected chi connectivity index (χ0v) is 19.2. The SMILES string of the molecule is COc1ccc(-n2nnc3cnc(NC4CCC(N5CCC(O)CC5)CC4)nc32)cc1.O=CO. The number of carboxylic acid groups (broad SMARTS) is 1. The second kappa shape index (κ2) is 11.2. The van der Waals surface area contributed by atoms with E-state index in [1.807, 2.05) is 24.3 Å². The highest BCUT2D eigenvalue weighted by molar-refractivity contribution is 5.72. The van der Waals surface area contributed by atoms with Crippen LogP contribution in [0.15, 0.2) is 30.5 Å². The lowest BCUT2D eigenvalue weighted by Gasteiger charge is -2.40. The zero-order valence-electron chi connectivity index (χ0n) is 19.2. The molecule has 0 bridgehead atoms. The fourth-order valence-electron chi connectivity index (χ4n) is 4.71. The van der Waals surface area contributed by atoms with E-state index in [0.29, 0.717) is 29.2 Å². The molecule has 1 saturated carbocycles. The van der Waals surface area contributed by atoms with Gasteiger partial charge in [0.25, 0.3) is 6.47 Å². The Morgan fingerprint density at radius 1 is 1.09 bits per heavy atom. The van der Waals surface area contributed by atoms with E-state index >= 15 is 0 Å². The van der Waals surface area contributed by atoms with Gasteiger partial charge in [-0.05, 0) is 62.8 Å². The van der Waals surface area contributed by atoms with Gasteiger partial charge >= 0.3 is 0 Å². The zero-order chi connectivity index (χ0) is 23.9. The molecule has 1 saturated heterocycles. The van der Waals surface area contributed by atoms with E-state index in [0.717, 1.165) is 50.2 Å². The third-order valence-electron chi connectivity index (χ3n) is 6.55. The molecule has 3 heterocycles. The molecule has 0 unspecified atom stereocenters. The number of anilines is 1. The molecular weight excluding hydrogens is 438 g/mol. The van der Waals surface area contributed by atoms with Crippen molar-refractivity contribution in [3.05, 3.63) is 30.5 Å². The molecule has 0 amide bonds. The van der Waals surface area contributed by atoms with E-state index in [2.05, 4.69) is 25.5 Å². The topological polar surface area (TPSA) is 139 Å². The first-order chi connectivity index (χ1) is 16.6. The lowest BCUT2D eigenvalue weighted by Crippen LogP contribution is -2.45. The minimum atomic E-state index is -0.250. The summed E-state index contributed by atoms with van der Waals surface area (Å²) in [5.74, 6) is 1.41. The van der Waals surface area contributed by atoms with E-state index in [9.17, 15) is 5.11 Å². The van der Waals surface area contributed by atoms with Crippen LogP contribution in [0.2, 0.25) is 0 Å². The van der Waals surface area contributed by atoms with Gasteiger partial charge in [-0.15, -0.1) is 5.10 Å². The van der Waals surface area contributed by atoms with Crippen LogP contribution in [0, 0.1) is 0 Å². The van der Waals surface area contributed by atoms with Crippen molar-refractivity contribution in [3.63, 3.8) is 0 Å². The molecule has 1 aliphatic heterocycles. The minimum Gasteiger partial charge on any atom is -0.497 e. The lowest BCUT2D eigenvalue weighted by atomic mass is 9.89. The Balaban J connectivity index is 0.000000868. The fraction of sp³-hybridized carbons (Fsp3) is 0.522. The minimum absolute atomic E-state index is 0.109. The van der Waals surface area contributed by atoms with Crippen molar-refractivity contribution < 1.29 is 19.7 Å². The standard InChI is InChI=1S/C22H29N7O2.CH2O2/c1-31-19-8-6-17(7-9-19)29-21-20(26-27-29)14-23-22(25-21)24-15-2-4-16(5-3-15)28-12-10-18(30)11-13-28;2-1-3/h6-9,14-16,18,30H,2-5,10-13H2,1H3,(H,23,24,25);1H,(H,2,3). The summed E-state index contributed by atoms with van der Waals surface area (Å²) in [6, 6.07) is 8.66. The maximum atomic E-state index is 9.74. The molecular formula is C23H31N7O4. The summed E-state index contributed by atoms with van der Waals surface area (Å²) in [7, 11) is 1.65. The molecule has 0 radical (unpaired) electrons. The van der Waals surface area contributed by atoms with Crippen LogP contribution >= 0.6 is 0 Å². The molecule has 1 aromatic carbocycles. The van der Waals surface area contributed by atoms with Gasteiger partial charge in [-0.2, -0.15) is 9.67 Å². The summed E-state index contributed by atoms with van der Waals surface area (Å²) >= 11 is 0. The van der Waals surface area contributed by atoms with Crippen LogP contribution in [0.4, 0.5) is 5.95 Å². The van der Waals surface area contributed by atoms with E-state index in [1.54, 1.807) is 18.0 Å². The predicted octanol–water partition coefficient (Wildman–Crippen LogP) is 2.10. The molecule has 3 N–H and O–H groups in total. The second-order valence-corrected chi connectivity index (χ2v) is 8.62. The number of nitrogens with zero attached hydrogens (tertiary/aromatic N) is 6. The van der Waals surface area contributed by atoms with E-state index in [1.165, 1.54) is 12.8 Å². The highest BCUT2D eigenvalue weighted by Gasteiger charge is 2.28. The smallest absolute Gasteiger partial charge is 0.290 e. The van der Waals surface area contributed by atoms with Gasteiger partial charge in [0.05, 0.1) is 25.1 Å². The van der Waals surface area contributed by atoms with E-state index in [-0.39, 0.29) is 12.6 Å². The molecule has 34 heavy (non-hydrogen) atoms. The van der Waals surface area contributed by atoms with Crippen molar-refractivity contribution >= 4 is 23.6 Å². The summed E-state index contributed by atoms with van der Waals surface area (Å²) in [5.41, 5.74) is 2.22. The highest BCUT2D eigenvalue weighted by atomic mass is 16.5. The quantitative estimate of drug-likeness (QED) is 0.476. The van der Waals surface area contributed by atoms with Gasteiger partial charge in [0.15, 0.2) is 11.2 Å². The number of likely N-dealkylation sites (tertiary alicyclic amines) is 1. The summed E-state index contributed by atoms with van der Waals surface area (Å²) in [5, 5.41) is 28.6. The molecule has 11 heteroatoms. The predicted molar refractivity (Wildman–Crippen MR) is 126 cm³/mol. The summed E-state index contributed by atoms with van der Waals surface area (Å²) in [6.45, 7) is 1.79. The number of ether oxygens (including phenoxy) is 1. The van der Waals surface area contributed by atoms with Crippen molar-refractivity contribution in [2.24, 2.45) is 0 Å². The van der Waals surface area contributed by atoms with Gasteiger partial charge in [-0.1, -0.05) is 5.21 Å². The number of nitrogens with one attached hydrogen (secondary N) is 1. The number of aromatic nitrogens is 5. The molecule has 5 rings (SSSR count). The maximum Gasteiger partial charge on any atom is 0.290 e. The molecule has 1 aliphatic carbocycles. The average molecular weight is 470 g/mol. The number of aliphatic hydroxyl groups excluding tert-OH is 1. The first-order valence-corrected chi connectivity index (χ1v) is 11.6. The van der Waals surface area contributed by atoms with Crippen LogP contribution in [0.5, 0.6) is 5.75 Å². The maximum absolute atomic E-state index is 9.74. The number of fused-ring (bicyclic) bond motifs is 1. The summed E-state index contributed by atoms with van der Waals surface area (Å²) < 4.78 is 6.96. The number of carbonyl (C=O) groups is 1. The third kappa shape index (κ3) is 5.60. The van der Waals surface area contributed by atoms with Gasteiger partial charge in [-0.3, -0.25) is 4.79 Å². The van der Waals surface area contributed by atoms with Crippen molar-refractivity contribution in [1.29, 1.82) is 0 Å². The van der Waals surface area contributed by atoms with Crippen molar-refractivity contribution in [1.82, 2.24) is 29.9 Å². The average Bonchev–Trinajstić information content (AvgIpc) is 3.29. The van der Waals surface area contributed by atoms with Crippen LogP contribution in [0.25, 0.3) is 16.9 Å². The largest absolute Gasteiger partial charge is 0.497 e. The molecule has 3 aromatic rings. The number of benzene rings is 1. The Kier molecular flexibility index (Phi) is 7.86. The molecule has 2 fully saturated rings. The summed E-state index contributed by atoms with van der Waals surface area (Å²) in [4.78, 5) is 20.1. The number of hydrogen-bond donors (Lipinski definition) is 3. The first-order valence-electron chi connectivity index (χ1n) is 11.6. The monoisotopic (exact) mass is 469 g/mol. The number of piperidine rings is 1. The Hall–Kier alpha value is -3.31. The van der Waals surface area contributed by atoms with Gasteiger partial charge in [0, 0.05) is 25.2 Å². The van der Waals surface area contributed by atoms with Gasteiger partial charge < -0.3 is 25.2 Å². The molecule has 0 spiro atoms.